The van der Waals surface area contributed by atoms with Gasteiger partial charge in [0.25, 0.3) is 0 Å². The van der Waals surface area contributed by atoms with Crippen LogP contribution in [0, 0.1) is 11.8 Å². The van der Waals surface area contributed by atoms with Crippen LogP contribution in [0.1, 0.15) is 57.8 Å². The Morgan fingerprint density at radius 2 is 1.35 bits per heavy atom. The van der Waals surface area contributed by atoms with Gasteiger partial charge in [-0.25, -0.2) is 0 Å². The summed E-state index contributed by atoms with van der Waals surface area (Å²) in [5.41, 5.74) is 6.43. The minimum absolute atomic E-state index is 0.454. The lowest BCUT2D eigenvalue weighted by atomic mass is 10.0. The van der Waals surface area contributed by atoms with E-state index in [9.17, 15) is 0 Å². The van der Waals surface area contributed by atoms with Gasteiger partial charge in [0.1, 0.15) is 0 Å². The molecule has 2 unspecified atom stereocenters. The van der Waals surface area contributed by atoms with E-state index in [-0.39, 0.29) is 0 Å². The van der Waals surface area contributed by atoms with Crippen LogP contribution >= 0.6 is 0 Å². The van der Waals surface area contributed by atoms with Crippen molar-refractivity contribution in [3.8, 4) is 0 Å². The second-order valence-electron chi connectivity index (χ2n) is 6.71. The third-order valence-electron chi connectivity index (χ3n) is 4.88. The average molecular weight is 236 g/mol. The van der Waals surface area contributed by atoms with Crippen molar-refractivity contribution in [2.45, 2.75) is 69.9 Å². The molecule has 2 heteroatoms. The molecule has 3 saturated carbocycles. The zero-order valence-corrected chi connectivity index (χ0v) is 11.1. The fourth-order valence-corrected chi connectivity index (χ4v) is 3.38. The van der Waals surface area contributed by atoms with Gasteiger partial charge in [-0.15, -0.1) is 0 Å². The van der Waals surface area contributed by atoms with Crippen molar-refractivity contribution in [3.05, 3.63) is 0 Å². The topological polar surface area (TPSA) is 29.3 Å². The summed E-state index contributed by atoms with van der Waals surface area (Å²) in [4.78, 5) is 2.80. The Kier molecular flexibility index (Phi) is 3.72. The number of hydrogen-bond donors (Lipinski definition) is 1. The molecule has 2 N–H and O–H groups in total. The van der Waals surface area contributed by atoms with Crippen LogP contribution in [-0.2, 0) is 0 Å². The van der Waals surface area contributed by atoms with Crippen molar-refractivity contribution in [1.29, 1.82) is 0 Å². The minimum Gasteiger partial charge on any atom is -0.326 e. The fourth-order valence-electron chi connectivity index (χ4n) is 3.38. The smallest absolute Gasteiger partial charge is 0.0247 e. The molecule has 3 aliphatic carbocycles. The zero-order chi connectivity index (χ0) is 11.7. The molecular formula is C15H28N2. The van der Waals surface area contributed by atoms with Gasteiger partial charge >= 0.3 is 0 Å². The van der Waals surface area contributed by atoms with Gasteiger partial charge in [0.15, 0.2) is 0 Å². The highest BCUT2D eigenvalue weighted by atomic mass is 15.2. The maximum absolute atomic E-state index is 6.43. The molecule has 2 atom stereocenters. The standard InChI is InChI=1S/C15H28N2/c16-14-4-2-1-3-5-15(14)17(10-12-6-7-12)11-13-8-9-13/h12-15H,1-11,16H2. The summed E-state index contributed by atoms with van der Waals surface area (Å²) < 4.78 is 0. The SMILES string of the molecule is NC1CCCCCC1N(CC1CC1)CC1CC1. The third-order valence-corrected chi connectivity index (χ3v) is 4.88. The van der Waals surface area contributed by atoms with E-state index in [2.05, 4.69) is 4.90 Å². The van der Waals surface area contributed by atoms with E-state index < -0.39 is 0 Å². The number of nitrogens with two attached hydrogens (primary N) is 1. The Morgan fingerprint density at radius 3 is 1.94 bits per heavy atom. The van der Waals surface area contributed by atoms with E-state index in [1.807, 2.05) is 0 Å². The Balaban J connectivity index is 1.60. The van der Waals surface area contributed by atoms with E-state index >= 15 is 0 Å². The molecule has 3 rings (SSSR count). The Hall–Kier alpha value is -0.0800. The summed E-state index contributed by atoms with van der Waals surface area (Å²) in [5.74, 6) is 2.04. The van der Waals surface area contributed by atoms with E-state index in [1.165, 1.54) is 70.9 Å². The predicted molar refractivity (Wildman–Crippen MR) is 71.9 cm³/mol. The van der Waals surface area contributed by atoms with Crippen molar-refractivity contribution in [1.82, 2.24) is 4.90 Å². The zero-order valence-electron chi connectivity index (χ0n) is 11.1. The van der Waals surface area contributed by atoms with Crippen LogP contribution in [0.3, 0.4) is 0 Å². The highest BCUT2D eigenvalue weighted by Gasteiger charge is 2.34. The van der Waals surface area contributed by atoms with E-state index in [4.69, 9.17) is 5.73 Å². The Morgan fingerprint density at radius 1 is 0.765 bits per heavy atom. The molecule has 0 bridgehead atoms. The quantitative estimate of drug-likeness (QED) is 0.744. The number of hydrogen-bond acceptors (Lipinski definition) is 2. The highest BCUT2D eigenvalue weighted by molar-refractivity contribution is 4.90. The van der Waals surface area contributed by atoms with E-state index in [0.29, 0.717) is 12.1 Å². The summed E-state index contributed by atoms with van der Waals surface area (Å²) in [6.45, 7) is 2.71. The maximum Gasteiger partial charge on any atom is 0.0247 e. The molecule has 3 aliphatic rings. The second kappa shape index (κ2) is 5.27. The van der Waals surface area contributed by atoms with Crippen LogP contribution in [-0.4, -0.2) is 30.1 Å². The Bertz CT molecular complexity index is 231. The largest absolute Gasteiger partial charge is 0.326 e. The van der Waals surface area contributed by atoms with E-state index in [0.717, 1.165) is 11.8 Å². The molecule has 0 aromatic carbocycles. The normalized spacial score (nSPS) is 34.9. The fraction of sp³-hybridized carbons (Fsp3) is 1.00. The molecule has 17 heavy (non-hydrogen) atoms. The van der Waals surface area contributed by atoms with E-state index in [1.54, 1.807) is 0 Å². The summed E-state index contributed by atoms with van der Waals surface area (Å²) in [6, 6.07) is 1.16. The van der Waals surface area contributed by atoms with Crippen LogP contribution in [0.25, 0.3) is 0 Å². The van der Waals surface area contributed by atoms with Gasteiger partial charge in [0.2, 0.25) is 0 Å². The van der Waals surface area contributed by atoms with Gasteiger partial charge in [-0.2, -0.15) is 0 Å². The van der Waals surface area contributed by atoms with Crippen LogP contribution in [0.15, 0.2) is 0 Å². The minimum atomic E-state index is 0.454. The molecule has 0 heterocycles. The molecule has 0 amide bonds. The molecule has 3 fully saturated rings. The molecule has 0 spiro atoms. The van der Waals surface area contributed by atoms with Crippen molar-refractivity contribution in [3.63, 3.8) is 0 Å². The molecule has 0 aromatic heterocycles. The first-order chi connectivity index (χ1) is 8.33. The first-order valence-electron chi connectivity index (χ1n) is 7.82. The molecule has 0 aliphatic heterocycles. The monoisotopic (exact) mass is 236 g/mol. The van der Waals surface area contributed by atoms with Crippen LogP contribution in [0.4, 0.5) is 0 Å². The number of nitrogens with zero attached hydrogens (tertiary/aromatic N) is 1. The van der Waals surface area contributed by atoms with Crippen molar-refractivity contribution < 1.29 is 0 Å². The van der Waals surface area contributed by atoms with Crippen molar-refractivity contribution in [2.75, 3.05) is 13.1 Å². The maximum atomic E-state index is 6.43. The molecule has 0 radical (unpaired) electrons. The van der Waals surface area contributed by atoms with Crippen molar-refractivity contribution in [2.24, 2.45) is 17.6 Å². The molecular weight excluding hydrogens is 208 g/mol. The highest BCUT2D eigenvalue weighted by Crippen LogP contribution is 2.36. The lowest BCUT2D eigenvalue weighted by Gasteiger charge is -2.35. The lowest BCUT2D eigenvalue weighted by molar-refractivity contribution is 0.149. The van der Waals surface area contributed by atoms with Gasteiger partial charge < -0.3 is 5.73 Å². The summed E-state index contributed by atoms with van der Waals surface area (Å²) in [7, 11) is 0. The van der Waals surface area contributed by atoms with Gasteiger partial charge in [0.05, 0.1) is 0 Å². The third kappa shape index (κ3) is 3.45. The Labute approximate surface area is 106 Å². The second-order valence-corrected chi connectivity index (χ2v) is 6.71. The lowest BCUT2D eigenvalue weighted by Crippen LogP contribution is -2.48. The van der Waals surface area contributed by atoms with Gasteiger partial charge in [-0.05, 0) is 50.4 Å². The number of rotatable bonds is 5. The van der Waals surface area contributed by atoms with Gasteiger partial charge in [-0.1, -0.05) is 19.3 Å². The average Bonchev–Trinajstić information content (AvgIpc) is 3.13. The first-order valence-corrected chi connectivity index (χ1v) is 7.82. The molecule has 98 valence electrons. The van der Waals surface area contributed by atoms with Crippen molar-refractivity contribution >= 4 is 0 Å². The van der Waals surface area contributed by atoms with Gasteiger partial charge in [-0.3, -0.25) is 4.90 Å². The summed E-state index contributed by atoms with van der Waals surface area (Å²) in [5, 5.41) is 0. The first kappa shape index (κ1) is 12.0. The van der Waals surface area contributed by atoms with Crippen LogP contribution in [0.2, 0.25) is 0 Å². The molecule has 0 saturated heterocycles. The van der Waals surface area contributed by atoms with Crippen LogP contribution < -0.4 is 5.73 Å². The molecule has 2 nitrogen and oxygen atoms in total. The summed E-state index contributed by atoms with van der Waals surface area (Å²) >= 11 is 0. The van der Waals surface area contributed by atoms with Crippen LogP contribution in [0.5, 0.6) is 0 Å². The van der Waals surface area contributed by atoms with Gasteiger partial charge in [0, 0.05) is 25.2 Å². The predicted octanol–water partition coefficient (Wildman–Crippen LogP) is 2.77. The summed E-state index contributed by atoms with van der Waals surface area (Å²) in [6.07, 6.45) is 12.7. The molecule has 0 aromatic rings.